The van der Waals surface area contributed by atoms with Crippen molar-refractivity contribution in [2.24, 2.45) is 5.92 Å². The molecular weight excluding hydrogens is 208 g/mol. The van der Waals surface area contributed by atoms with E-state index < -0.39 is 0 Å². The van der Waals surface area contributed by atoms with Crippen molar-refractivity contribution >= 4 is 0 Å². The van der Waals surface area contributed by atoms with Gasteiger partial charge in [0, 0.05) is 25.2 Å². The second-order valence-corrected chi connectivity index (χ2v) is 5.48. The van der Waals surface area contributed by atoms with Gasteiger partial charge in [0.05, 0.1) is 0 Å². The van der Waals surface area contributed by atoms with Gasteiger partial charge in [-0.15, -0.1) is 0 Å². The van der Waals surface area contributed by atoms with Gasteiger partial charge in [-0.3, -0.25) is 9.80 Å². The van der Waals surface area contributed by atoms with Crippen LogP contribution in [0.25, 0.3) is 0 Å². The highest BCUT2D eigenvalue weighted by atomic mass is 15.3. The summed E-state index contributed by atoms with van der Waals surface area (Å²) in [5.41, 5.74) is 0. The first-order valence-electron chi connectivity index (χ1n) is 7.65. The normalized spacial score (nSPS) is 23.8. The van der Waals surface area contributed by atoms with Crippen LogP contribution >= 0.6 is 0 Å². The van der Waals surface area contributed by atoms with Crippen LogP contribution in [0.1, 0.15) is 53.9 Å². The lowest BCUT2D eigenvalue weighted by Crippen LogP contribution is -2.41. The Morgan fingerprint density at radius 3 is 2.18 bits per heavy atom. The number of likely N-dealkylation sites (N-methyl/N-ethyl adjacent to an activating group) is 1. The molecule has 102 valence electrons. The Kier molecular flexibility index (Phi) is 6.50. The molecule has 0 bridgehead atoms. The van der Waals surface area contributed by atoms with E-state index in [1.165, 1.54) is 45.4 Å². The van der Waals surface area contributed by atoms with Crippen LogP contribution in [-0.4, -0.2) is 48.1 Å². The molecule has 0 N–H and O–H groups in total. The smallest absolute Gasteiger partial charge is 0.0235 e. The van der Waals surface area contributed by atoms with Crippen LogP contribution in [0, 0.1) is 5.92 Å². The van der Waals surface area contributed by atoms with E-state index in [2.05, 4.69) is 44.4 Å². The van der Waals surface area contributed by atoms with E-state index in [-0.39, 0.29) is 0 Å². The van der Waals surface area contributed by atoms with Crippen molar-refractivity contribution in [3.05, 3.63) is 0 Å². The maximum Gasteiger partial charge on any atom is 0.0235 e. The van der Waals surface area contributed by atoms with Crippen LogP contribution in [0.2, 0.25) is 0 Å². The molecule has 2 heteroatoms. The molecule has 1 aliphatic rings. The predicted octanol–water partition coefficient (Wildman–Crippen LogP) is 3.23. The zero-order valence-electron chi connectivity index (χ0n) is 12.6. The minimum Gasteiger partial charge on any atom is -0.300 e. The zero-order chi connectivity index (χ0) is 12.8. The fraction of sp³-hybridized carbons (Fsp3) is 1.00. The van der Waals surface area contributed by atoms with Crippen LogP contribution in [0.5, 0.6) is 0 Å². The fourth-order valence-corrected chi connectivity index (χ4v) is 3.45. The van der Waals surface area contributed by atoms with E-state index in [1.54, 1.807) is 0 Å². The Morgan fingerprint density at radius 1 is 1.12 bits per heavy atom. The van der Waals surface area contributed by atoms with Gasteiger partial charge in [-0.2, -0.15) is 0 Å². The highest BCUT2D eigenvalue weighted by Crippen LogP contribution is 2.24. The fourth-order valence-electron chi connectivity index (χ4n) is 3.45. The number of likely N-dealkylation sites (tertiary alicyclic amines) is 1. The van der Waals surface area contributed by atoms with E-state index in [4.69, 9.17) is 0 Å². The van der Waals surface area contributed by atoms with Crippen molar-refractivity contribution in [3.63, 3.8) is 0 Å². The molecule has 0 amide bonds. The van der Waals surface area contributed by atoms with E-state index >= 15 is 0 Å². The first-order chi connectivity index (χ1) is 8.17. The molecule has 0 aromatic heterocycles. The highest BCUT2D eigenvalue weighted by Gasteiger charge is 2.30. The van der Waals surface area contributed by atoms with Crippen molar-refractivity contribution < 1.29 is 0 Å². The molecule has 1 heterocycles. The summed E-state index contributed by atoms with van der Waals surface area (Å²) in [5, 5.41) is 0. The first kappa shape index (κ1) is 15.0. The van der Waals surface area contributed by atoms with Crippen molar-refractivity contribution in [1.82, 2.24) is 9.80 Å². The monoisotopic (exact) mass is 240 g/mol. The SMILES string of the molecule is CCC(CC)C(C)N1CCC(N(CC)CC)C1. The average molecular weight is 240 g/mol. The summed E-state index contributed by atoms with van der Waals surface area (Å²) in [4.78, 5) is 5.35. The van der Waals surface area contributed by atoms with Crippen molar-refractivity contribution in [2.45, 2.75) is 66.0 Å². The molecule has 2 nitrogen and oxygen atoms in total. The van der Waals surface area contributed by atoms with E-state index in [0.29, 0.717) is 0 Å². The average Bonchev–Trinajstić information content (AvgIpc) is 2.81. The van der Waals surface area contributed by atoms with E-state index in [9.17, 15) is 0 Å². The summed E-state index contributed by atoms with van der Waals surface area (Å²) < 4.78 is 0. The van der Waals surface area contributed by atoms with Gasteiger partial charge in [-0.1, -0.05) is 40.5 Å². The van der Waals surface area contributed by atoms with Gasteiger partial charge in [-0.25, -0.2) is 0 Å². The molecule has 1 saturated heterocycles. The summed E-state index contributed by atoms with van der Waals surface area (Å²) in [6.07, 6.45) is 4.01. The number of hydrogen-bond donors (Lipinski definition) is 0. The second-order valence-electron chi connectivity index (χ2n) is 5.48. The van der Waals surface area contributed by atoms with Crippen LogP contribution in [0.4, 0.5) is 0 Å². The Bertz CT molecular complexity index is 197. The Labute approximate surface area is 108 Å². The predicted molar refractivity (Wildman–Crippen MR) is 76.4 cm³/mol. The van der Waals surface area contributed by atoms with Gasteiger partial charge in [0.15, 0.2) is 0 Å². The van der Waals surface area contributed by atoms with Gasteiger partial charge in [-0.05, 0) is 32.4 Å². The summed E-state index contributed by atoms with van der Waals surface area (Å²) >= 11 is 0. The molecule has 0 aromatic rings. The lowest BCUT2D eigenvalue weighted by Gasteiger charge is -2.32. The van der Waals surface area contributed by atoms with Gasteiger partial charge in [0.2, 0.25) is 0 Å². The van der Waals surface area contributed by atoms with Crippen LogP contribution < -0.4 is 0 Å². The molecule has 17 heavy (non-hydrogen) atoms. The van der Waals surface area contributed by atoms with Crippen LogP contribution in [0.3, 0.4) is 0 Å². The van der Waals surface area contributed by atoms with Gasteiger partial charge >= 0.3 is 0 Å². The standard InChI is InChI=1S/C15H32N2/c1-6-14(7-2)13(5)17-11-10-15(12-17)16(8-3)9-4/h13-15H,6-12H2,1-5H3. The number of nitrogens with zero attached hydrogens (tertiary/aromatic N) is 2. The van der Waals surface area contributed by atoms with Gasteiger partial charge in [0.1, 0.15) is 0 Å². The van der Waals surface area contributed by atoms with Crippen molar-refractivity contribution in [1.29, 1.82) is 0 Å². The number of rotatable bonds is 7. The Balaban J connectivity index is 2.48. The summed E-state index contributed by atoms with van der Waals surface area (Å²) in [6, 6.07) is 1.58. The quantitative estimate of drug-likeness (QED) is 0.674. The van der Waals surface area contributed by atoms with Gasteiger partial charge < -0.3 is 0 Å². The Morgan fingerprint density at radius 2 is 1.71 bits per heavy atom. The molecular formula is C15H32N2. The lowest BCUT2D eigenvalue weighted by atomic mass is 9.94. The van der Waals surface area contributed by atoms with Crippen molar-refractivity contribution in [3.8, 4) is 0 Å². The zero-order valence-corrected chi connectivity index (χ0v) is 12.6. The van der Waals surface area contributed by atoms with Gasteiger partial charge in [0.25, 0.3) is 0 Å². The van der Waals surface area contributed by atoms with E-state index in [1.807, 2.05) is 0 Å². The summed E-state index contributed by atoms with van der Waals surface area (Å²) in [6.45, 7) is 16.7. The summed E-state index contributed by atoms with van der Waals surface area (Å²) in [5.74, 6) is 0.880. The molecule has 0 radical (unpaired) electrons. The lowest BCUT2D eigenvalue weighted by molar-refractivity contribution is 0.156. The molecule has 0 spiro atoms. The third-order valence-electron chi connectivity index (χ3n) is 4.83. The molecule has 1 rings (SSSR count). The maximum absolute atomic E-state index is 2.72. The molecule has 1 fully saturated rings. The maximum atomic E-state index is 2.72. The molecule has 2 atom stereocenters. The minimum absolute atomic E-state index is 0.769. The largest absolute Gasteiger partial charge is 0.300 e. The third-order valence-corrected chi connectivity index (χ3v) is 4.83. The molecule has 1 aliphatic heterocycles. The van der Waals surface area contributed by atoms with Crippen molar-refractivity contribution in [2.75, 3.05) is 26.2 Å². The molecule has 0 saturated carbocycles. The minimum atomic E-state index is 0.769. The first-order valence-corrected chi connectivity index (χ1v) is 7.65. The second kappa shape index (κ2) is 7.38. The third kappa shape index (κ3) is 3.69. The highest BCUT2D eigenvalue weighted by molar-refractivity contribution is 4.87. The van der Waals surface area contributed by atoms with Crippen LogP contribution in [0.15, 0.2) is 0 Å². The summed E-state index contributed by atoms with van der Waals surface area (Å²) in [7, 11) is 0. The molecule has 2 unspecified atom stereocenters. The Hall–Kier alpha value is -0.0800. The number of hydrogen-bond acceptors (Lipinski definition) is 2. The molecule has 0 aliphatic carbocycles. The topological polar surface area (TPSA) is 6.48 Å². The molecule has 0 aromatic carbocycles. The van der Waals surface area contributed by atoms with Crippen LogP contribution in [-0.2, 0) is 0 Å². The van der Waals surface area contributed by atoms with E-state index in [0.717, 1.165) is 18.0 Å².